The lowest BCUT2D eigenvalue weighted by Crippen LogP contribution is -2.39. The lowest BCUT2D eigenvalue weighted by Gasteiger charge is -2.17. The van der Waals surface area contributed by atoms with E-state index in [9.17, 15) is 19.2 Å². The van der Waals surface area contributed by atoms with Crippen LogP contribution in [0.3, 0.4) is 0 Å². The van der Waals surface area contributed by atoms with E-state index in [1.54, 1.807) is 31.2 Å². The fraction of sp³-hybridized carbons (Fsp3) is 0.333. The van der Waals surface area contributed by atoms with Crippen molar-refractivity contribution in [2.45, 2.75) is 25.7 Å². The van der Waals surface area contributed by atoms with Gasteiger partial charge in [0.25, 0.3) is 5.91 Å². The Morgan fingerprint density at radius 1 is 1.20 bits per heavy atom. The fourth-order valence-corrected chi connectivity index (χ4v) is 4.43. The monoisotopic (exact) mass is 427 g/mol. The Morgan fingerprint density at radius 3 is 2.60 bits per heavy atom. The number of esters is 1. The van der Waals surface area contributed by atoms with Gasteiger partial charge < -0.3 is 10.1 Å². The lowest BCUT2D eigenvalue weighted by atomic mass is 10.1. The van der Waals surface area contributed by atoms with Gasteiger partial charge in [-0.1, -0.05) is 18.2 Å². The third-order valence-electron chi connectivity index (χ3n) is 4.99. The van der Waals surface area contributed by atoms with Crippen molar-refractivity contribution >= 4 is 45.8 Å². The van der Waals surface area contributed by atoms with Crippen LogP contribution in [0.1, 0.15) is 41.6 Å². The number of hydrogen-bond acceptors (Lipinski definition) is 6. The summed E-state index contributed by atoms with van der Waals surface area (Å²) in [5.41, 5.74) is 1.86. The Balaban J connectivity index is 1.47. The van der Waals surface area contributed by atoms with Crippen LogP contribution in [0.5, 0.6) is 0 Å². The van der Waals surface area contributed by atoms with Crippen LogP contribution in [0, 0.1) is 0 Å². The summed E-state index contributed by atoms with van der Waals surface area (Å²) in [5.74, 6) is -1.15. The average molecular weight is 427 g/mol. The van der Waals surface area contributed by atoms with Gasteiger partial charge in [0, 0.05) is 5.69 Å². The molecule has 8 nitrogen and oxygen atoms in total. The molecule has 2 aliphatic rings. The highest BCUT2D eigenvalue weighted by atomic mass is 32.1. The molecule has 30 heavy (non-hydrogen) atoms. The maximum Gasteiger partial charge on any atom is 0.341 e. The smallest absolute Gasteiger partial charge is 0.341 e. The molecular formula is C21H21N3O5S. The van der Waals surface area contributed by atoms with Crippen LogP contribution in [-0.4, -0.2) is 48.4 Å². The molecule has 4 rings (SSSR count). The first kappa shape index (κ1) is 20.1. The first-order valence-corrected chi connectivity index (χ1v) is 10.6. The molecule has 0 unspecified atom stereocenters. The number of para-hydroxylation sites is 1. The van der Waals surface area contributed by atoms with Crippen LogP contribution < -0.4 is 10.2 Å². The summed E-state index contributed by atoms with van der Waals surface area (Å²) in [6, 6.07) is 8.27. The molecule has 0 atom stereocenters. The first-order chi connectivity index (χ1) is 14.5. The quantitative estimate of drug-likeness (QED) is 0.541. The number of rotatable bonds is 7. The predicted molar refractivity (Wildman–Crippen MR) is 112 cm³/mol. The van der Waals surface area contributed by atoms with Crippen LogP contribution in [-0.2, 0) is 14.3 Å². The van der Waals surface area contributed by atoms with E-state index in [1.165, 1.54) is 16.2 Å². The number of nitrogens with zero attached hydrogens (tertiary/aromatic N) is 2. The summed E-state index contributed by atoms with van der Waals surface area (Å²) in [5, 5.41) is 4.94. The minimum atomic E-state index is -0.545. The van der Waals surface area contributed by atoms with Crippen molar-refractivity contribution in [1.29, 1.82) is 0 Å². The topological polar surface area (TPSA) is 96.0 Å². The van der Waals surface area contributed by atoms with Gasteiger partial charge in [-0.25, -0.2) is 9.59 Å². The van der Waals surface area contributed by atoms with Gasteiger partial charge in [0.05, 0.1) is 12.2 Å². The maximum absolute atomic E-state index is 12.6. The third-order valence-corrected chi connectivity index (χ3v) is 5.91. The van der Waals surface area contributed by atoms with Crippen LogP contribution in [0.15, 0.2) is 35.7 Å². The summed E-state index contributed by atoms with van der Waals surface area (Å²) >= 11 is 1.25. The summed E-state index contributed by atoms with van der Waals surface area (Å²) in [6.07, 6.45) is 2.01. The van der Waals surface area contributed by atoms with E-state index in [-0.39, 0.29) is 13.2 Å². The summed E-state index contributed by atoms with van der Waals surface area (Å²) in [7, 11) is 0. The number of carbonyl (C=O) groups excluding carboxylic acids is 4. The van der Waals surface area contributed by atoms with E-state index < -0.39 is 30.4 Å². The molecule has 2 aromatic rings. The minimum absolute atomic E-state index is 0.116. The highest BCUT2D eigenvalue weighted by molar-refractivity contribution is 7.15. The van der Waals surface area contributed by atoms with Crippen LogP contribution in [0.2, 0.25) is 0 Å². The molecule has 1 saturated carbocycles. The number of benzene rings is 1. The maximum atomic E-state index is 12.6. The van der Waals surface area contributed by atoms with E-state index >= 15 is 0 Å². The summed E-state index contributed by atoms with van der Waals surface area (Å²) in [4.78, 5) is 52.3. The molecule has 1 aromatic carbocycles. The number of anilines is 2. The molecule has 0 bridgehead atoms. The molecule has 9 heteroatoms. The van der Waals surface area contributed by atoms with Gasteiger partial charge in [0.15, 0.2) is 0 Å². The number of nitrogens with one attached hydrogen (secondary N) is 1. The highest BCUT2D eigenvalue weighted by Gasteiger charge is 2.38. The Labute approximate surface area is 177 Å². The standard InChI is InChI=1S/C21H21N3O5S/c1-2-29-20(27)18-15(13-8-9-13)12-30-19(18)22-16(25)10-24-17(26)11-23(21(24)28)14-6-4-3-5-7-14/h3-7,12-13H,2,8-11H2,1H3,(H,22,25). The molecular weight excluding hydrogens is 406 g/mol. The van der Waals surface area contributed by atoms with E-state index in [4.69, 9.17) is 4.74 Å². The number of ether oxygens (including phenoxy) is 1. The zero-order valence-electron chi connectivity index (χ0n) is 16.4. The van der Waals surface area contributed by atoms with Gasteiger partial charge in [0.1, 0.15) is 18.1 Å². The number of imide groups is 1. The van der Waals surface area contributed by atoms with Gasteiger partial charge in [-0.05, 0) is 48.8 Å². The van der Waals surface area contributed by atoms with Gasteiger partial charge in [-0.15, -0.1) is 11.3 Å². The second-order valence-electron chi connectivity index (χ2n) is 7.12. The van der Waals surface area contributed by atoms with Gasteiger partial charge in [-0.2, -0.15) is 0 Å². The Bertz CT molecular complexity index is 999. The largest absolute Gasteiger partial charge is 0.462 e. The minimum Gasteiger partial charge on any atom is -0.462 e. The average Bonchev–Trinajstić information content (AvgIpc) is 3.44. The van der Waals surface area contributed by atoms with Crippen molar-refractivity contribution in [3.8, 4) is 0 Å². The zero-order valence-corrected chi connectivity index (χ0v) is 17.2. The van der Waals surface area contributed by atoms with E-state index in [2.05, 4.69) is 5.32 Å². The van der Waals surface area contributed by atoms with Crippen molar-refractivity contribution in [3.05, 3.63) is 46.8 Å². The second kappa shape index (κ2) is 8.27. The molecule has 1 aliphatic heterocycles. The SMILES string of the molecule is CCOC(=O)c1c(C2CC2)csc1NC(=O)CN1C(=O)CN(c2ccccc2)C1=O. The Morgan fingerprint density at radius 2 is 1.93 bits per heavy atom. The van der Waals surface area contributed by atoms with E-state index in [1.807, 2.05) is 11.4 Å². The Hall–Kier alpha value is -3.20. The molecule has 1 aliphatic carbocycles. The number of carbonyl (C=O) groups is 4. The molecule has 4 amide bonds. The molecule has 1 N–H and O–H groups in total. The van der Waals surface area contributed by atoms with Gasteiger partial charge in [-0.3, -0.25) is 19.4 Å². The van der Waals surface area contributed by atoms with Crippen molar-refractivity contribution in [2.24, 2.45) is 0 Å². The van der Waals surface area contributed by atoms with Crippen molar-refractivity contribution in [3.63, 3.8) is 0 Å². The Kier molecular flexibility index (Phi) is 5.54. The van der Waals surface area contributed by atoms with Crippen molar-refractivity contribution in [2.75, 3.05) is 29.9 Å². The normalized spacial score (nSPS) is 16.2. The third kappa shape index (κ3) is 3.93. The molecule has 156 valence electrons. The zero-order chi connectivity index (χ0) is 21.3. The molecule has 1 aromatic heterocycles. The number of hydrogen-bond donors (Lipinski definition) is 1. The van der Waals surface area contributed by atoms with Gasteiger partial charge >= 0.3 is 12.0 Å². The molecule has 0 radical (unpaired) electrons. The first-order valence-electron chi connectivity index (χ1n) is 9.74. The highest BCUT2D eigenvalue weighted by Crippen LogP contribution is 2.46. The van der Waals surface area contributed by atoms with Gasteiger partial charge in [0.2, 0.25) is 5.91 Å². The number of urea groups is 1. The number of amides is 4. The van der Waals surface area contributed by atoms with Crippen LogP contribution in [0.4, 0.5) is 15.5 Å². The summed E-state index contributed by atoms with van der Waals surface area (Å²) in [6.45, 7) is 1.43. The number of thiophene rings is 1. The van der Waals surface area contributed by atoms with E-state index in [0.29, 0.717) is 22.2 Å². The lowest BCUT2D eigenvalue weighted by molar-refractivity contribution is -0.128. The fourth-order valence-electron chi connectivity index (χ4n) is 3.39. The second-order valence-corrected chi connectivity index (χ2v) is 8.00. The van der Waals surface area contributed by atoms with Crippen LogP contribution >= 0.6 is 11.3 Å². The summed E-state index contributed by atoms with van der Waals surface area (Å²) < 4.78 is 5.15. The molecule has 0 spiro atoms. The molecule has 1 saturated heterocycles. The molecule has 2 fully saturated rings. The van der Waals surface area contributed by atoms with Crippen LogP contribution in [0.25, 0.3) is 0 Å². The predicted octanol–water partition coefficient (Wildman–Crippen LogP) is 3.21. The van der Waals surface area contributed by atoms with Crippen molar-refractivity contribution in [1.82, 2.24) is 4.90 Å². The molecule has 2 heterocycles. The van der Waals surface area contributed by atoms with Crippen molar-refractivity contribution < 1.29 is 23.9 Å². The van der Waals surface area contributed by atoms with E-state index in [0.717, 1.165) is 23.3 Å².